The SMILES string of the molecule is CC(=O)CN(C[C@@H](O)[C@H](Cc1ccccc1)NC(=O)c1cccc(C)n1)S(=O)(=O)c1cc(F)ccc1C. The van der Waals surface area contributed by atoms with Crippen LogP contribution in [0.5, 0.6) is 0 Å². The highest BCUT2D eigenvalue weighted by Crippen LogP contribution is 2.22. The van der Waals surface area contributed by atoms with Crippen LogP contribution in [0.2, 0.25) is 0 Å². The van der Waals surface area contributed by atoms with Crippen LogP contribution in [0.3, 0.4) is 0 Å². The predicted molar refractivity (Wildman–Crippen MR) is 137 cm³/mol. The van der Waals surface area contributed by atoms with Gasteiger partial charge in [-0.2, -0.15) is 4.31 Å². The molecule has 0 spiro atoms. The lowest BCUT2D eigenvalue weighted by Crippen LogP contribution is -2.51. The molecule has 0 aliphatic carbocycles. The van der Waals surface area contributed by atoms with Crippen molar-refractivity contribution in [1.29, 1.82) is 0 Å². The number of sulfonamides is 1. The van der Waals surface area contributed by atoms with Gasteiger partial charge < -0.3 is 10.4 Å². The predicted octanol–water partition coefficient (Wildman–Crippen LogP) is 2.82. The number of Topliss-reactive ketones (excluding diaryl/α,β-unsaturated/α-hetero) is 1. The molecular formula is C27H30FN3O5S. The number of aromatic nitrogens is 1. The van der Waals surface area contributed by atoms with Gasteiger partial charge in [0.05, 0.1) is 23.6 Å². The highest BCUT2D eigenvalue weighted by atomic mass is 32.2. The minimum Gasteiger partial charge on any atom is -0.390 e. The Labute approximate surface area is 216 Å². The molecule has 10 heteroatoms. The third-order valence-corrected chi connectivity index (χ3v) is 7.71. The van der Waals surface area contributed by atoms with E-state index >= 15 is 0 Å². The molecule has 0 unspecified atom stereocenters. The molecule has 0 aliphatic heterocycles. The molecule has 196 valence electrons. The quantitative estimate of drug-likeness (QED) is 0.396. The molecule has 1 heterocycles. The van der Waals surface area contributed by atoms with Crippen LogP contribution >= 0.6 is 0 Å². The summed E-state index contributed by atoms with van der Waals surface area (Å²) in [5.41, 5.74) is 1.88. The van der Waals surface area contributed by atoms with Crippen LogP contribution in [0, 0.1) is 19.7 Å². The number of ketones is 1. The number of carbonyl (C=O) groups excluding carboxylic acids is 2. The summed E-state index contributed by atoms with van der Waals surface area (Å²) in [6, 6.07) is 16.5. The average molecular weight is 528 g/mol. The topological polar surface area (TPSA) is 117 Å². The summed E-state index contributed by atoms with van der Waals surface area (Å²) in [5.74, 6) is -1.74. The fourth-order valence-electron chi connectivity index (χ4n) is 3.89. The normalized spacial score (nSPS) is 13.2. The van der Waals surface area contributed by atoms with E-state index in [-0.39, 0.29) is 17.0 Å². The van der Waals surface area contributed by atoms with Crippen molar-refractivity contribution in [1.82, 2.24) is 14.6 Å². The zero-order valence-corrected chi connectivity index (χ0v) is 21.7. The summed E-state index contributed by atoms with van der Waals surface area (Å²) in [7, 11) is -4.35. The molecule has 2 N–H and O–H groups in total. The number of aliphatic hydroxyl groups is 1. The second-order valence-corrected chi connectivity index (χ2v) is 10.8. The fourth-order valence-corrected chi connectivity index (χ4v) is 5.60. The Kier molecular flexibility index (Phi) is 9.25. The molecule has 2 aromatic carbocycles. The number of halogens is 1. The lowest BCUT2D eigenvalue weighted by atomic mass is 10.0. The molecule has 0 bridgehead atoms. The zero-order chi connectivity index (χ0) is 27.2. The molecule has 37 heavy (non-hydrogen) atoms. The number of rotatable bonds is 11. The van der Waals surface area contributed by atoms with Gasteiger partial charge >= 0.3 is 0 Å². The van der Waals surface area contributed by atoms with Crippen LogP contribution in [0.25, 0.3) is 0 Å². The number of aliphatic hydroxyl groups excluding tert-OH is 1. The fraction of sp³-hybridized carbons (Fsp3) is 0.296. The molecule has 0 saturated carbocycles. The molecule has 0 fully saturated rings. The molecule has 0 radical (unpaired) electrons. The van der Waals surface area contributed by atoms with Crippen molar-refractivity contribution < 1.29 is 27.5 Å². The summed E-state index contributed by atoms with van der Waals surface area (Å²) >= 11 is 0. The van der Waals surface area contributed by atoms with Gasteiger partial charge in [0.25, 0.3) is 5.91 Å². The lowest BCUT2D eigenvalue weighted by Gasteiger charge is -2.29. The van der Waals surface area contributed by atoms with Gasteiger partial charge in [-0.1, -0.05) is 42.5 Å². The van der Waals surface area contributed by atoms with Gasteiger partial charge in [-0.25, -0.2) is 17.8 Å². The number of aryl methyl sites for hydroxylation is 2. The second-order valence-electron chi connectivity index (χ2n) is 8.91. The van der Waals surface area contributed by atoms with E-state index in [1.165, 1.54) is 26.0 Å². The van der Waals surface area contributed by atoms with Crippen LogP contribution in [0.1, 0.15) is 34.2 Å². The molecule has 0 saturated heterocycles. The third-order valence-electron chi connectivity index (χ3n) is 5.76. The van der Waals surface area contributed by atoms with E-state index in [2.05, 4.69) is 10.3 Å². The van der Waals surface area contributed by atoms with Crippen LogP contribution in [-0.2, 0) is 21.2 Å². The van der Waals surface area contributed by atoms with Crippen molar-refractivity contribution in [2.24, 2.45) is 0 Å². The first-order chi connectivity index (χ1) is 17.5. The number of hydrogen-bond donors (Lipinski definition) is 2. The minimum atomic E-state index is -4.35. The van der Waals surface area contributed by atoms with Gasteiger partial charge in [0.1, 0.15) is 17.3 Å². The van der Waals surface area contributed by atoms with E-state index in [1.807, 2.05) is 30.3 Å². The van der Waals surface area contributed by atoms with Crippen molar-refractivity contribution in [2.45, 2.75) is 44.2 Å². The van der Waals surface area contributed by atoms with Gasteiger partial charge in [-0.15, -0.1) is 0 Å². The highest BCUT2D eigenvalue weighted by Gasteiger charge is 2.33. The van der Waals surface area contributed by atoms with Crippen molar-refractivity contribution in [3.8, 4) is 0 Å². The van der Waals surface area contributed by atoms with E-state index in [4.69, 9.17) is 0 Å². The van der Waals surface area contributed by atoms with Crippen LogP contribution in [-0.4, -0.2) is 59.7 Å². The summed E-state index contributed by atoms with van der Waals surface area (Å²) in [4.78, 5) is 28.8. The first kappa shape index (κ1) is 28.1. The molecule has 1 aromatic heterocycles. The molecule has 3 rings (SSSR count). The number of benzene rings is 2. The summed E-state index contributed by atoms with van der Waals surface area (Å²) < 4.78 is 41.6. The molecule has 1 amide bonds. The van der Waals surface area contributed by atoms with Crippen LogP contribution in [0.4, 0.5) is 4.39 Å². The average Bonchev–Trinajstić information content (AvgIpc) is 2.85. The molecule has 3 aromatic rings. The van der Waals surface area contributed by atoms with E-state index in [1.54, 1.807) is 19.1 Å². The molecule has 2 atom stereocenters. The van der Waals surface area contributed by atoms with Crippen LogP contribution < -0.4 is 5.32 Å². The number of hydrogen-bond acceptors (Lipinski definition) is 6. The maximum atomic E-state index is 13.9. The van der Waals surface area contributed by atoms with E-state index in [9.17, 15) is 27.5 Å². The van der Waals surface area contributed by atoms with Gasteiger partial charge in [0, 0.05) is 12.2 Å². The van der Waals surface area contributed by atoms with Crippen LogP contribution in [0.15, 0.2) is 71.6 Å². The summed E-state index contributed by atoms with van der Waals surface area (Å²) in [5, 5.41) is 14.0. The molecule has 8 nitrogen and oxygen atoms in total. The van der Waals surface area contributed by atoms with Crippen molar-refractivity contribution in [2.75, 3.05) is 13.1 Å². The maximum absolute atomic E-state index is 13.9. The minimum absolute atomic E-state index is 0.147. The molecule has 0 aliphatic rings. The van der Waals surface area contributed by atoms with Gasteiger partial charge in [0.15, 0.2) is 0 Å². The largest absolute Gasteiger partial charge is 0.390 e. The third kappa shape index (κ3) is 7.51. The van der Waals surface area contributed by atoms with Crippen molar-refractivity contribution in [3.05, 3.63) is 95.1 Å². The summed E-state index contributed by atoms with van der Waals surface area (Å²) in [6.07, 6.45) is -1.22. The van der Waals surface area contributed by atoms with Gasteiger partial charge in [-0.05, 0) is 62.6 Å². The Morgan fingerprint density at radius 2 is 1.76 bits per heavy atom. The van der Waals surface area contributed by atoms with E-state index in [0.717, 1.165) is 22.0 Å². The Morgan fingerprint density at radius 1 is 1.05 bits per heavy atom. The maximum Gasteiger partial charge on any atom is 0.270 e. The number of carbonyl (C=O) groups is 2. The summed E-state index contributed by atoms with van der Waals surface area (Å²) in [6.45, 7) is 3.45. The van der Waals surface area contributed by atoms with E-state index < -0.39 is 52.8 Å². The first-order valence-corrected chi connectivity index (χ1v) is 13.1. The Balaban J connectivity index is 1.93. The Bertz CT molecular complexity index is 1370. The smallest absolute Gasteiger partial charge is 0.270 e. The number of nitrogens with one attached hydrogen (secondary N) is 1. The Hall–Kier alpha value is -3.47. The van der Waals surface area contributed by atoms with Gasteiger partial charge in [0.2, 0.25) is 10.0 Å². The van der Waals surface area contributed by atoms with Crippen molar-refractivity contribution >= 4 is 21.7 Å². The molecular weight excluding hydrogens is 497 g/mol. The van der Waals surface area contributed by atoms with E-state index in [0.29, 0.717) is 11.3 Å². The van der Waals surface area contributed by atoms with Gasteiger partial charge in [-0.3, -0.25) is 9.59 Å². The number of nitrogens with zero attached hydrogens (tertiary/aromatic N) is 2. The zero-order valence-electron chi connectivity index (χ0n) is 20.9. The highest BCUT2D eigenvalue weighted by molar-refractivity contribution is 7.89. The standard InChI is InChI=1S/C27H30FN3O5S/c1-18-12-13-22(28)15-26(18)37(35,36)31(16-20(3)32)17-25(33)24(14-21-9-5-4-6-10-21)30-27(34)23-11-7-8-19(2)29-23/h4-13,15,24-25,33H,14,16-17H2,1-3H3,(H,30,34)/t24-,25+/m0/s1. The first-order valence-electron chi connectivity index (χ1n) is 11.7. The monoisotopic (exact) mass is 527 g/mol. The van der Waals surface area contributed by atoms with Crippen molar-refractivity contribution in [3.63, 3.8) is 0 Å². The Morgan fingerprint density at radius 3 is 2.41 bits per heavy atom. The second kappa shape index (κ2) is 12.2. The number of pyridine rings is 1. The number of amides is 1. The lowest BCUT2D eigenvalue weighted by molar-refractivity contribution is -0.117.